The highest BCUT2D eigenvalue weighted by molar-refractivity contribution is 6.07. The number of nitrogen functional groups attached to an aromatic ring is 1. The van der Waals surface area contributed by atoms with E-state index in [-0.39, 0.29) is 18.4 Å². The van der Waals surface area contributed by atoms with Crippen molar-refractivity contribution in [3.8, 4) is 0 Å². The first-order valence-electron chi connectivity index (χ1n) is 7.67. The Morgan fingerprint density at radius 1 is 1.25 bits per heavy atom. The molecule has 0 saturated carbocycles. The lowest BCUT2D eigenvalue weighted by Crippen LogP contribution is -2.42. The minimum Gasteiger partial charge on any atom is -0.398 e. The summed E-state index contributed by atoms with van der Waals surface area (Å²) in [6.45, 7) is 2.44. The fourth-order valence-electron chi connectivity index (χ4n) is 2.47. The summed E-state index contributed by atoms with van der Waals surface area (Å²) >= 11 is 0. The molecule has 8 nitrogen and oxygen atoms in total. The van der Waals surface area contributed by atoms with Gasteiger partial charge in [0.1, 0.15) is 6.54 Å². The second-order valence-electron chi connectivity index (χ2n) is 5.46. The molecule has 2 heterocycles. The van der Waals surface area contributed by atoms with E-state index in [1.54, 1.807) is 35.4 Å². The third-order valence-electron chi connectivity index (χ3n) is 3.76. The highest BCUT2D eigenvalue weighted by Gasteiger charge is 2.17. The summed E-state index contributed by atoms with van der Waals surface area (Å²) in [6.07, 6.45) is 3.12. The molecule has 0 radical (unpaired) electrons. The molecule has 0 unspecified atom stereocenters. The van der Waals surface area contributed by atoms with Crippen molar-refractivity contribution in [2.24, 2.45) is 0 Å². The number of nitrogens with zero attached hydrogens (tertiary/aromatic N) is 3. The minimum absolute atomic E-state index is 0.0217. The Kier molecular flexibility index (Phi) is 4.76. The number of rotatable bonds is 4. The average molecular weight is 329 g/mol. The summed E-state index contributed by atoms with van der Waals surface area (Å²) in [7, 11) is 0. The van der Waals surface area contributed by atoms with Crippen LogP contribution in [0.1, 0.15) is 10.4 Å². The van der Waals surface area contributed by atoms with Crippen LogP contribution in [0.25, 0.3) is 0 Å². The molecule has 126 valence electrons. The predicted octanol–water partition coefficient (Wildman–Crippen LogP) is 0.576. The summed E-state index contributed by atoms with van der Waals surface area (Å²) in [6, 6.07) is 6.83. The maximum absolute atomic E-state index is 12.2. The Morgan fingerprint density at radius 3 is 2.75 bits per heavy atom. The van der Waals surface area contributed by atoms with Gasteiger partial charge in [0.2, 0.25) is 5.91 Å². The van der Waals surface area contributed by atoms with Crippen LogP contribution in [0.3, 0.4) is 0 Å². The molecule has 3 N–H and O–H groups in total. The summed E-state index contributed by atoms with van der Waals surface area (Å²) in [4.78, 5) is 26.1. The maximum atomic E-state index is 12.2. The predicted molar refractivity (Wildman–Crippen MR) is 88.4 cm³/mol. The Balaban J connectivity index is 1.60. The zero-order valence-corrected chi connectivity index (χ0v) is 13.1. The molecule has 3 rings (SSSR count). The van der Waals surface area contributed by atoms with Gasteiger partial charge in [-0.3, -0.25) is 14.3 Å². The number of benzene rings is 1. The van der Waals surface area contributed by atoms with Gasteiger partial charge >= 0.3 is 0 Å². The molecule has 1 aliphatic heterocycles. The van der Waals surface area contributed by atoms with Crippen LogP contribution in [0.15, 0.2) is 36.7 Å². The molecule has 24 heavy (non-hydrogen) atoms. The zero-order chi connectivity index (χ0) is 16.9. The van der Waals surface area contributed by atoms with Crippen LogP contribution in [-0.4, -0.2) is 52.8 Å². The fraction of sp³-hybridized carbons (Fsp3) is 0.312. The number of carbonyl (C=O) groups is 2. The van der Waals surface area contributed by atoms with Crippen molar-refractivity contribution in [1.29, 1.82) is 0 Å². The number of anilines is 2. The van der Waals surface area contributed by atoms with Crippen molar-refractivity contribution in [3.05, 3.63) is 42.2 Å². The fourth-order valence-corrected chi connectivity index (χ4v) is 2.47. The Labute approximate surface area is 139 Å². The van der Waals surface area contributed by atoms with Crippen molar-refractivity contribution in [2.75, 3.05) is 37.4 Å². The molecule has 2 amide bonds. The number of ether oxygens (including phenoxy) is 1. The van der Waals surface area contributed by atoms with Crippen molar-refractivity contribution >= 4 is 23.2 Å². The normalized spacial score (nSPS) is 14.4. The van der Waals surface area contributed by atoms with Crippen molar-refractivity contribution < 1.29 is 14.3 Å². The summed E-state index contributed by atoms with van der Waals surface area (Å²) in [5, 5.41) is 6.84. The van der Waals surface area contributed by atoms with Gasteiger partial charge in [0.25, 0.3) is 5.91 Å². The molecule has 0 aliphatic carbocycles. The lowest BCUT2D eigenvalue weighted by atomic mass is 10.1. The summed E-state index contributed by atoms with van der Waals surface area (Å²) in [5.74, 6) is -0.335. The molecule has 1 fully saturated rings. The quantitative estimate of drug-likeness (QED) is 0.799. The molecule has 1 aromatic carbocycles. The average Bonchev–Trinajstić information content (AvgIpc) is 3.02. The minimum atomic E-state index is -0.313. The topological polar surface area (TPSA) is 102 Å². The molecule has 0 atom stereocenters. The molecule has 0 spiro atoms. The van der Waals surface area contributed by atoms with Crippen LogP contribution in [0.5, 0.6) is 0 Å². The van der Waals surface area contributed by atoms with Crippen LogP contribution in [-0.2, 0) is 16.1 Å². The van der Waals surface area contributed by atoms with Crippen LogP contribution >= 0.6 is 0 Å². The highest BCUT2D eigenvalue weighted by atomic mass is 16.5. The number of aromatic nitrogens is 2. The van der Waals surface area contributed by atoms with Crippen molar-refractivity contribution in [2.45, 2.75) is 6.54 Å². The van der Waals surface area contributed by atoms with E-state index in [2.05, 4.69) is 10.4 Å². The number of amides is 2. The van der Waals surface area contributed by atoms with E-state index in [0.29, 0.717) is 43.2 Å². The largest absolute Gasteiger partial charge is 0.398 e. The van der Waals surface area contributed by atoms with Crippen molar-refractivity contribution in [3.63, 3.8) is 0 Å². The Bertz CT molecular complexity index is 737. The number of hydrogen-bond donors (Lipinski definition) is 2. The second-order valence-corrected chi connectivity index (χ2v) is 5.46. The van der Waals surface area contributed by atoms with E-state index in [1.807, 2.05) is 0 Å². The van der Waals surface area contributed by atoms with Gasteiger partial charge in [-0.25, -0.2) is 0 Å². The molecule has 1 aliphatic rings. The number of hydrogen-bond acceptors (Lipinski definition) is 5. The van der Waals surface area contributed by atoms with Gasteiger partial charge in [0.15, 0.2) is 0 Å². The molecule has 1 saturated heterocycles. The van der Waals surface area contributed by atoms with Crippen LogP contribution < -0.4 is 11.1 Å². The van der Waals surface area contributed by atoms with E-state index in [1.165, 1.54) is 10.9 Å². The SMILES string of the molecule is Nc1ccccc1C(=O)Nc1cnn(CC(=O)N2CCOCC2)c1. The molecule has 8 heteroatoms. The third-order valence-corrected chi connectivity index (χ3v) is 3.76. The third kappa shape index (κ3) is 3.72. The van der Waals surface area contributed by atoms with Gasteiger partial charge in [-0.15, -0.1) is 0 Å². The number of para-hydroxylation sites is 1. The van der Waals surface area contributed by atoms with E-state index in [0.717, 1.165) is 0 Å². The van der Waals surface area contributed by atoms with Gasteiger partial charge < -0.3 is 20.7 Å². The molecule has 2 aromatic rings. The standard InChI is InChI=1S/C16H19N5O3/c17-14-4-2-1-3-13(14)16(23)19-12-9-18-21(10-12)11-15(22)20-5-7-24-8-6-20/h1-4,9-10H,5-8,11,17H2,(H,19,23). The summed E-state index contributed by atoms with van der Waals surface area (Å²) in [5.41, 5.74) is 7.10. The van der Waals surface area contributed by atoms with Crippen LogP contribution in [0.4, 0.5) is 11.4 Å². The maximum Gasteiger partial charge on any atom is 0.257 e. The number of nitrogens with two attached hydrogens (primary N) is 1. The first kappa shape index (κ1) is 16.0. The Hall–Kier alpha value is -2.87. The first-order valence-corrected chi connectivity index (χ1v) is 7.67. The Morgan fingerprint density at radius 2 is 2.00 bits per heavy atom. The second kappa shape index (κ2) is 7.14. The molecular formula is C16H19N5O3. The lowest BCUT2D eigenvalue weighted by Gasteiger charge is -2.26. The van der Waals surface area contributed by atoms with Gasteiger partial charge in [0.05, 0.1) is 30.7 Å². The van der Waals surface area contributed by atoms with Gasteiger partial charge in [0, 0.05) is 25.0 Å². The van der Waals surface area contributed by atoms with Crippen LogP contribution in [0, 0.1) is 0 Å². The van der Waals surface area contributed by atoms with E-state index >= 15 is 0 Å². The van der Waals surface area contributed by atoms with Gasteiger partial charge in [-0.2, -0.15) is 5.10 Å². The number of nitrogens with one attached hydrogen (secondary N) is 1. The number of carbonyl (C=O) groups excluding carboxylic acids is 2. The molecular weight excluding hydrogens is 310 g/mol. The first-order chi connectivity index (χ1) is 11.6. The lowest BCUT2D eigenvalue weighted by molar-refractivity contribution is -0.136. The van der Waals surface area contributed by atoms with Gasteiger partial charge in [-0.05, 0) is 12.1 Å². The molecule has 0 bridgehead atoms. The smallest absolute Gasteiger partial charge is 0.257 e. The van der Waals surface area contributed by atoms with Crippen molar-refractivity contribution in [1.82, 2.24) is 14.7 Å². The van der Waals surface area contributed by atoms with E-state index in [4.69, 9.17) is 10.5 Å². The zero-order valence-electron chi connectivity index (χ0n) is 13.1. The van der Waals surface area contributed by atoms with Crippen LogP contribution in [0.2, 0.25) is 0 Å². The van der Waals surface area contributed by atoms with Gasteiger partial charge in [-0.1, -0.05) is 12.1 Å². The summed E-state index contributed by atoms with van der Waals surface area (Å²) < 4.78 is 6.73. The number of morpholine rings is 1. The van der Waals surface area contributed by atoms with E-state index in [9.17, 15) is 9.59 Å². The molecule has 1 aromatic heterocycles. The monoisotopic (exact) mass is 329 g/mol. The van der Waals surface area contributed by atoms with E-state index < -0.39 is 0 Å². The highest BCUT2D eigenvalue weighted by Crippen LogP contribution is 2.14.